The van der Waals surface area contributed by atoms with Crippen molar-refractivity contribution >= 4 is 626 Å². The molecular weight excluding hydrogens is 1390 g/mol. The van der Waals surface area contributed by atoms with Gasteiger partial charge in [0.25, 0.3) is 0 Å². The minimum absolute atomic E-state index is 0.0543. The van der Waals surface area contributed by atoms with E-state index in [1.165, 1.54) is 9.13 Å². The molecule has 1 unspecified atom stereocenters. The molecular formula is C69B45N5. The van der Waals surface area contributed by atoms with Gasteiger partial charge in [-0.2, -0.15) is 15.0 Å². The molecule has 0 saturated carbocycles. The van der Waals surface area contributed by atoms with Crippen LogP contribution in [0.15, 0.2) is 16.4 Å². The Morgan fingerprint density at radius 1 is 0.185 bits per heavy atom. The molecule has 3 heterocycles. The van der Waals surface area contributed by atoms with E-state index in [1.807, 2.05) is 0 Å². The molecule has 0 aliphatic heterocycles. The maximum absolute atomic E-state index is 8.67. The van der Waals surface area contributed by atoms with E-state index >= 15 is 0 Å². The van der Waals surface area contributed by atoms with E-state index in [2.05, 4.69) is 0 Å². The molecule has 0 fully saturated rings. The standard InChI is InChI=1S/C69B45N5/c70-17-1-2(4-6(22(75)38(91)36(89)20(4)73)8-7(23(76)39(92)40(93)24(8)77)5-3(1)19(72)35(88)37(90)21(5)74)18(71)30(83)14(17)68(15-31(84)45(98)49(102)46(99)32(15)85,16-33(86)47(100)50(103)48(101)34(16)87)69(114)63(112)13(29(82)64(69)113)65-115-66(118-59-9(25(78)41(94)51(104)55(59)108)10-26(79)42(95)52(105)56(109)60(10)118)117-67(116-65)119-61-11(27(80)43(96)53(106)57(61)110)12-28(81)44(97)54(107)58(111)62(12)119. The number of hydrogen-bond acceptors (Lipinski definition) is 3. The lowest BCUT2D eigenvalue weighted by Gasteiger charge is -2.58. The van der Waals surface area contributed by atoms with Gasteiger partial charge in [-0.15, -0.1) is 142 Å². The fraction of sp³-hybridized carbons (Fsp3) is 0.0290. The van der Waals surface area contributed by atoms with Crippen molar-refractivity contribution in [3.8, 4) is 56.4 Å². The van der Waals surface area contributed by atoms with Gasteiger partial charge in [-0.05, 0) is 88.1 Å². The van der Waals surface area contributed by atoms with Gasteiger partial charge >= 0.3 is 0 Å². The van der Waals surface area contributed by atoms with Gasteiger partial charge < -0.3 is 0 Å². The maximum atomic E-state index is 8.67. The smallest absolute Gasteiger partial charge is 0.240 e. The molecule has 1 atom stereocenters. The fourth-order valence-electron chi connectivity index (χ4n) is 17.2. The first-order valence-electron chi connectivity index (χ1n) is 34.7. The summed E-state index contributed by atoms with van der Waals surface area (Å²) in [5, 5.41) is -3.51. The third-order valence-electron chi connectivity index (χ3n) is 23.5. The van der Waals surface area contributed by atoms with E-state index in [-0.39, 0.29) is 214 Å². The van der Waals surface area contributed by atoms with E-state index in [4.69, 9.17) is 368 Å². The van der Waals surface area contributed by atoms with Crippen LogP contribution in [0.3, 0.4) is 0 Å². The average molecular weight is 1390 g/mol. The zero-order valence-electron chi connectivity index (χ0n) is 62.7. The molecule has 0 bridgehead atoms. The lowest BCUT2D eigenvalue weighted by molar-refractivity contribution is 0.552. The molecule has 50 heteroatoms. The first-order valence-corrected chi connectivity index (χ1v) is 34.7. The van der Waals surface area contributed by atoms with Crippen molar-refractivity contribution < 1.29 is 0 Å². The van der Waals surface area contributed by atoms with Crippen LogP contribution in [0.1, 0.15) is 22.5 Å². The van der Waals surface area contributed by atoms with Crippen LogP contribution in [-0.2, 0) is 5.41 Å². The lowest BCUT2D eigenvalue weighted by atomic mass is 9.32. The van der Waals surface area contributed by atoms with Gasteiger partial charge in [-0.3, -0.25) is 9.13 Å². The first kappa shape index (κ1) is 87.1. The predicted octanol–water partition coefficient (Wildman–Crippen LogP) is -34.6. The van der Waals surface area contributed by atoms with Crippen molar-refractivity contribution in [1.82, 2.24) is 24.1 Å². The number of rotatable bonds is 7. The number of aromatic nitrogens is 5. The maximum Gasteiger partial charge on any atom is 0.240 e. The van der Waals surface area contributed by atoms with E-state index in [9.17, 15) is 0 Å². The summed E-state index contributed by atoms with van der Waals surface area (Å²) in [5.74, 6) is -1.99. The van der Waals surface area contributed by atoms with Crippen molar-refractivity contribution in [3.63, 3.8) is 0 Å². The Morgan fingerprint density at radius 3 is 0.605 bits per heavy atom. The second-order valence-electron chi connectivity index (χ2n) is 29.1. The topological polar surface area (TPSA) is 48.5 Å². The molecule has 436 valence electrons. The Balaban J connectivity index is 1.24. The van der Waals surface area contributed by atoms with Crippen LogP contribution in [0.25, 0.3) is 106 Å². The number of nitrogens with zero attached hydrogens (tertiary/aromatic N) is 5. The van der Waals surface area contributed by atoms with Gasteiger partial charge in [0.05, 0.1) is 7.85 Å². The molecule has 13 aromatic rings. The summed E-state index contributed by atoms with van der Waals surface area (Å²) in [7, 11) is 323. The summed E-state index contributed by atoms with van der Waals surface area (Å²) in [6.45, 7) is 0. The largest absolute Gasteiger partial charge is 0.279 e. The minimum atomic E-state index is -3.34. The Morgan fingerprint density at radius 2 is 0.361 bits per heavy atom. The SMILES string of the molecule is [B]C1=C([B])C([B])(C(c2c([B])c([B])c([B])c([B])c2[B])(c2c([B])c([B])c([B])c([B])c2[B])c2c([B])c([B])c3c(c2[B])-c2c([B])c([B])c([B])c([B])c2-c2c([B])c([B])c([B])c([B])c2-c2c([B])c([B])c([B])c([B])c2-3)C([B])=C1c1nc(-n2c3c([B])c([B])c([B])c([B])c3c3c([B])c([B])c([B])c([B])c32)nc(-n2c3c([B])c([B])c([B])c([B])c3c3c([B])c([B])c([B])c([B])c32)n1. The summed E-state index contributed by atoms with van der Waals surface area (Å²) in [4.78, 5) is 15.5. The van der Waals surface area contributed by atoms with Crippen LogP contribution in [0.4, 0.5) is 0 Å². The molecule has 0 spiro atoms. The van der Waals surface area contributed by atoms with Crippen LogP contribution >= 0.6 is 0 Å². The molecule has 5 nitrogen and oxygen atoms in total. The van der Waals surface area contributed by atoms with Gasteiger partial charge in [0.15, 0.2) is 5.82 Å². The highest BCUT2D eigenvalue weighted by atomic mass is 15.3. The van der Waals surface area contributed by atoms with E-state index in [1.54, 1.807) is 0 Å². The Labute approximate surface area is 750 Å². The quantitative estimate of drug-likeness (QED) is 0.118. The lowest BCUT2D eigenvalue weighted by Crippen LogP contribution is -2.68. The molecule has 0 saturated heterocycles. The normalized spacial score (nSPS) is 14.0. The summed E-state index contributed by atoms with van der Waals surface area (Å²) < 4.78 is 2.40. The van der Waals surface area contributed by atoms with Crippen LogP contribution in [-0.4, -0.2) is 377 Å². The Hall–Kier alpha value is -6.79. The van der Waals surface area contributed by atoms with Crippen LogP contribution < -0.4 is 224 Å². The second-order valence-corrected chi connectivity index (χ2v) is 29.1. The molecule has 119 heavy (non-hydrogen) atoms. The van der Waals surface area contributed by atoms with E-state index < -0.39 is 166 Å². The number of allylic oxidation sites excluding steroid dienone is 4. The Bertz CT molecular complexity index is 6700. The molecule has 90 radical (unpaired) electrons. The fourth-order valence-corrected chi connectivity index (χ4v) is 17.2. The van der Waals surface area contributed by atoms with Crippen molar-refractivity contribution in [3.05, 3.63) is 38.9 Å². The van der Waals surface area contributed by atoms with Crippen molar-refractivity contribution in [1.29, 1.82) is 0 Å². The molecule has 10 aromatic carbocycles. The second kappa shape index (κ2) is 29.2. The molecule has 0 amide bonds. The van der Waals surface area contributed by atoms with Gasteiger partial charge in [0.1, 0.15) is 345 Å². The number of fused-ring (bicyclic) bond motifs is 14. The van der Waals surface area contributed by atoms with Gasteiger partial charge in [0, 0.05) is 33.1 Å². The van der Waals surface area contributed by atoms with E-state index in [0.29, 0.717) is 0 Å². The highest BCUT2D eigenvalue weighted by Gasteiger charge is 2.59. The van der Waals surface area contributed by atoms with Gasteiger partial charge in [0.2, 0.25) is 11.9 Å². The average Bonchev–Trinajstić information content (AvgIpc) is 1.65. The summed E-state index contributed by atoms with van der Waals surface area (Å²) in [5.41, 5.74) is -28.6. The summed E-state index contributed by atoms with van der Waals surface area (Å²) in [6, 6.07) is 0. The molecule has 2 aliphatic rings. The highest BCUT2D eigenvalue weighted by Crippen LogP contribution is 2.64. The number of hydrogen-bond donors (Lipinski definition) is 0. The van der Waals surface area contributed by atoms with Gasteiger partial charge in [-0.1, -0.05) is 98.3 Å². The van der Waals surface area contributed by atoms with Crippen molar-refractivity contribution in [2.45, 2.75) is 10.7 Å². The third kappa shape index (κ3) is 10.9. The highest BCUT2D eigenvalue weighted by molar-refractivity contribution is 6.79. The first-order chi connectivity index (χ1) is 55.4. The zero-order valence-corrected chi connectivity index (χ0v) is 62.7. The minimum Gasteiger partial charge on any atom is -0.279 e. The van der Waals surface area contributed by atoms with Crippen LogP contribution in [0, 0.1) is 0 Å². The molecule has 3 aromatic heterocycles. The summed E-state index contributed by atoms with van der Waals surface area (Å²) >= 11 is 0. The monoisotopic (exact) mass is 1390 g/mol. The van der Waals surface area contributed by atoms with Gasteiger partial charge in [-0.25, -0.2) is 0 Å². The third-order valence-corrected chi connectivity index (χ3v) is 23.5. The zero-order chi connectivity index (χ0) is 88.0. The predicted molar refractivity (Wildman–Crippen MR) is 544 cm³/mol. The van der Waals surface area contributed by atoms with Crippen molar-refractivity contribution in [2.75, 3.05) is 0 Å². The summed E-state index contributed by atoms with van der Waals surface area (Å²) in [6.07, 6.45) is 0. The van der Waals surface area contributed by atoms with Crippen LogP contribution in [0.2, 0.25) is 5.31 Å². The van der Waals surface area contributed by atoms with E-state index in [0.717, 1.165) is 0 Å². The Kier molecular flexibility index (Phi) is 21.4. The van der Waals surface area contributed by atoms with Crippen molar-refractivity contribution in [2.24, 2.45) is 0 Å². The molecule has 15 rings (SSSR count). The molecule has 2 aliphatic carbocycles. The molecule has 0 N–H and O–H groups in total. The van der Waals surface area contributed by atoms with Crippen LogP contribution in [0.5, 0.6) is 0 Å². The number of benzene rings is 10.